The van der Waals surface area contributed by atoms with Crippen molar-refractivity contribution >= 4 is 11.9 Å². The molecule has 2 aliphatic carbocycles. The molecule has 0 aromatic carbocycles. The first-order valence-corrected chi connectivity index (χ1v) is 7.95. The number of carbonyl (C=O) groups excluding carboxylic acids is 2. The summed E-state index contributed by atoms with van der Waals surface area (Å²) in [7, 11) is 3.33. The van der Waals surface area contributed by atoms with Crippen LogP contribution in [-0.2, 0) is 23.8 Å². The molecule has 2 aliphatic rings. The molecular formula is C16H26O5. The Bertz CT molecular complexity index is 334. The van der Waals surface area contributed by atoms with Crippen molar-refractivity contribution in [1.29, 1.82) is 0 Å². The summed E-state index contributed by atoms with van der Waals surface area (Å²) < 4.78 is 15.8. The van der Waals surface area contributed by atoms with Crippen molar-refractivity contribution in [3.63, 3.8) is 0 Å². The fourth-order valence-electron chi connectivity index (χ4n) is 3.41. The molecule has 120 valence electrons. The quantitative estimate of drug-likeness (QED) is 0.589. The lowest BCUT2D eigenvalue weighted by atomic mass is 9.86. The molecule has 0 N–H and O–H groups in total. The third-order valence-electron chi connectivity index (χ3n) is 4.79. The highest BCUT2D eigenvalue weighted by Crippen LogP contribution is 2.30. The molecule has 2 rings (SSSR count). The fourth-order valence-corrected chi connectivity index (χ4v) is 3.41. The maximum Gasteiger partial charge on any atom is 0.316 e. The van der Waals surface area contributed by atoms with E-state index in [1.807, 2.05) is 0 Å². The lowest BCUT2D eigenvalue weighted by Crippen LogP contribution is -2.33. The van der Waals surface area contributed by atoms with Crippen LogP contribution in [0.25, 0.3) is 0 Å². The van der Waals surface area contributed by atoms with Crippen molar-refractivity contribution in [2.75, 3.05) is 14.2 Å². The Labute approximate surface area is 126 Å². The van der Waals surface area contributed by atoms with Crippen LogP contribution in [0.3, 0.4) is 0 Å². The van der Waals surface area contributed by atoms with Crippen LogP contribution in [0, 0.1) is 11.8 Å². The van der Waals surface area contributed by atoms with Gasteiger partial charge in [0.25, 0.3) is 0 Å². The fraction of sp³-hybridized carbons (Fsp3) is 0.875. The summed E-state index contributed by atoms with van der Waals surface area (Å²) in [5.41, 5.74) is 0. The SMILES string of the molecule is CO[C@@H]1CCC[C@H](C(=O)OC(=O)[C@@H]2CCC[C@H](OC)C2)C1. The predicted molar refractivity (Wildman–Crippen MR) is 76.6 cm³/mol. The molecule has 21 heavy (non-hydrogen) atoms. The summed E-state index contributed by atoms with van der Waals surface area (Å²) >= 11 is 0. The van der Waals surface area contributed by atoms with Gasteiger partial charge in [0.2, 0.25) is 0 Å². The van der Waals surface area contributed by atoms with Crippen LogP contribution in [-0.4, -0.2) is 38.4 Å². The van der Waals surface area contributed by atoms with Crippen molar-refractivity contribution in [2.45, 2.75) is 63.6 Å². The summed E-state index contributed by atoms with van der Waals surface area (Å²) in [6.45, 7) is 0. The third-order valence-corrected chi connectivity index (χ3v) is 4.79. The van der Waals surface area contributed by atoms with Gasteiger partial charge in [0, 0.05) is 14.2 Å². The largest absolute Gasteiger partial charge is 0.393 e. The maximum atomic E-state index is 12.1. The Morgan fingerprint density at radius 1 is 0.762 bits per heavy atom. The number of methoxy groups -OCH3 is 2. The van der Waals surface area contributed by atoms with Crippen LogP contribution in [0.15, 0.2) is 0 Å². The molecule has 0 spiro atoms. The van der Waals surface area contributed by atoms with Gasteiger partial charge < -0.3 is 14.2 Å². The van der Waals surface area contributed by atoms with E-state index in [0.717, 1.165) is 38.5 Å². The van der Waals surface area contributed by atoms with E-state index in [-0.39, 0.29) is 36.0 Å². The van der Waals surface area contributed by atoms with Crippen molar-refractivity contribution < 1.29 is 23.8 Å². The number of esters is 2. The van der Waals surface area contributed by atoms with E-state index in [1.54, 1.807) is 14.2 Å². The van der Waals surface area contributed by atoms with Crippen LogP contribution in [0.2, 0.25) is 0 Å². The van der Waals surface area contributed by atoms with Gasteiger partial charge in [-0.25, -0.2) is 0 Å². The van der Waals surface area contributed by atoms with Gasteiger partial charge in [-0.1, -0.05) is 12.8 Å². The zero-order valence-electron chi connectivity index (χ0n) is 13.0. The average molecular weight is 298 g/mol. The van der Waals surface area contributed by atoms with Crippen molar-refractivity contribution in [3.05, 3.63) is 0 Å². The average Bonchev–Trinajstić information content (AvgIpc) is 2.54. The molecule has 0 radical (unpaired) electrons. The van der Waals surface area contributed by atoms with Gasteiger partial charge in [-0.3, -0.25) is 9.59 Å². The predicted octanol–water partition coefficient (Wildman–Crippen LogP) is 2.47. The zero-order chi connectivity index (χ0) is 15.2. The van der Waals surface area contributed by atoms with Gasteiger partial charge in [0.15, 0.2) is 0 Å². The van der Waals surface area contributed by atoms with Gasteiger partial charge in [-0.2, -0.15) is 0 Å². The van der Waals surface area contributed by atoms with E-state index < -0.39 is 0 Å². The lowest BCUT2D eigenvalue weighted by molar-refractivity contribution is -0.168. The first kappa shape index (κ1) is 16.4. The second-order valence-electron chi connectivity index (χ2n) is 6.18. The summed E-state index contributed by atoms with van der Waals surface area (Å²) in [5, 5.41) is 0. The van der Waals surface area contributed by atoms with Crippen molar-refractivity contribution in [1.82, 2.24) is 0 Å². The Morgan fingerprint density at radius 3 is 1.57 bits per heavy atom. The Morgan fingerprint density at radius 2 is 1.19 bits per heavy atom. The number of hydrogen-bond donors (Lipinski definition) is 0. The highest BCUT2D eigenvalue weighted by molar-refractivity contribution is 5.88. The minimum absolute atomic E-state index is 0.110. The Kier molecular flexibility index (Phi) is 6.18. The van der Waals surface area contributed by atoms with E-state index >= 15 is 0 Å². The van der Waals surface area contributed by atoms with Crippen LogP contribution < -0.4 is 0 Å². The minimum Gasteiger partial charge on any atom is -0.393 e. The Hall–Kier alpha value is -0.940. The van der Waals surface area contributed by atoms with E-state index in [9.17, 15) is 9.59 Å². The number of carbonyl (C=O) groups is 2. The maximum absolute atomic E-state index is 12.1. The molecule has 0 aliphatic heterocycles. The molecule has 0 bridgehead atoms. The van der Waals surface area contributed by atoms with Gasteiger partial charge >= 0.3 is 11.9 Å². The normalized spacial score (nSPS) is 33.4. The lowest BCUT2D eigenvalue weighted by Gasteiger charge is -2.28. The second-order valence-corrected chi connectivity index (χ2v) is 6.18. The molecule has 5 nitrogen and oxygen atoms in total. The molecule has 5 heteroatoms. The van der Waals surface area contributed by atoms with Crippen LogP contribution in [0.4, 0.5) is 0 Å². The minimum atomic E-state index is -0.374. The monoisotopic (exact) mass is 298 g/mol. The van der Waals surface area contributed by atoms with E-state index in [1.165, 1.54) is 0 Å². The van der Waals surface area contributed by atoms with Gasteiger partial charge in [0.05, 0.1) is 24.0 Å². The second kappa shape index (κ2) is 7.90. The molecule has 4 atom stereocenters. The summed E-state index contributed by atoms with van der Waals surface area (Å²) in [4.78, 5) is 24.3. The third kappa shape index (κ3) is 4.51. The van der Waals surface area contributed by atoms with Gasteiger partial charge in [-0.05, 0) is 38.5 Å². The van der Waals surface area contributed by atoms with Gasteiger partial charge in [-0.15, -0.1) is 0 Å². The van der Waals surface area contributed by atoms with E-state index in [4.69, 9.17) is 14.2 Å². The van der Waals surface area contributed by atoms with Crippen molar-refractivity contribution in [3.8, 4) is 0 Å². The molecule has 0 saturated heterocycles. The number of rotatable bonds is 4. The van der Waals surface area contributed by atoms with Gasteiger partial charge in [0.1, 0.15) is 0 Å². The molecule has 2 saturated carbocycles. The molecule has 0 unspecified atom stereocenters. The van der Waals surface area contributed by atoms with E-state index in [0.29, 0.717) is 12.8 Å². The molecular weight excluding hydrogens is 272 g/mol. The molecule has 0 aromatic rings. The molecule has 2 fully saturated rings. The highest BCUT2D eigenvalue weighted by atomic mass is 16.6. The Balaban J connectivity index is 1.82. The highest BCUT2D eigenvalue weighted by Gasteiger charge is 2.33. The number of hydrogen-bond acceptors (Lipinski definition) is 5. The zero-order valence-corrected chi connectivity index (χ0v) is 13.0. The topological polar surface area (TPSA) is 61.8 Å². The summed E-state index contributed by atoms with van der Waals surface area (Å²) in [5.74, 6) is -1.15. The van der Waals surface area contributed by atoms with Crippen LogP contribution >= 0.6 is 0 Å². The standard InChI is InChI=1S/C16H26O5/c1-19-13-7-3-5-11(9-13)15(17)21-16(18)12-6-4-8-14(10-12)20-2/h11-14H,3-10H2,1-2H3/t11-,12+,13+,14-. The smallest absolute Gasteiger partial charge is 0.316 e. The molecule has 0 aromatic heterocycles. The summed E-state index contributed by atoms with van der Waals surface area (Å²) in [6.07, 6.45) is 6.97. The van der Waals surface area contributed by atoms with E-state index in [2.05, 4.69) is 0 Å². The molecule has 0 amide bonds. The summed E-state index contributed by atoms with van der Waals surface area (Å²) in [6, 6.07) is 0. The van der Waals surface area contributed by atoms with Crippen molar-refractivity contribution in [2.24, 2.45) is 11.8 Å². The van der Waals surface area contributed by atoms with Crippen LogP contribution in [0.5, 0.6) is 0 Å². The first-order valence-electron chi connectivity index (χ1n) is 7.95. The first-order chi connectivity index (χ1) is 10.1. The molecule has 0 heterocycles. The van der Waals surface area contributed by atoms with Crippen LogP contribution in [0.1, 0.15) is 51.4 Å². The number of ether oxygens (including phenoxy) is 3.